The summed E-state index contributed by atoms with van der Waals surface area (Å²) in [7, 11) is 0. The quantitative estimate of drug-likeness (QED) is 0.520. The maximum Gasteiger partial charge on any atom is 0.270 e. The molecule has 0 N–H and O–H groups in total. The summed E-state index contributed by atoms with van der Waals surface area (Å²) in [5, 5.41) is 15.9. The minimum absolute atomic E-state index is 0.0796. The maximum absolute atomic E-state index is 10.7. The number of fused-ring (bicyclic) bond motifs is 1. The van der Waals surface area contributed by atoms with Gasteiger partial charge >= 0.3 is 0 Å². The lowest BCUT2D eigenvalue weighted by Crippen LogP contribution is -1.93. The Balaban J connectivity index is 2.11. The van der Waals surface area contributed by atoms with Crippen molar-refractivity contribution in [1.82, 2.24) is 9.78 Å². The summed E-state index contributed by atoms with van der Waals surface area (Å²) in [6, 6.07) is 12.6. The topological polar surface area (TPSA) is 61.0 Å². The fourth-order valence-corrected chi connectivity index (χ4v) is 1.96. The number of hydrogen-bond acceptors (Lipinski definition) is 3. The molecule has 3 rings (SSSR count). The Morgan fingerprint density at radius 1 is 1.16 bits per heavy atom. The van der Waals surface area contributed by atoms with Crippen LogP contribution in [-0.4, -0.2) is 14.7 Å². The molecule has 1 aromatic heterocycles. The normalized spacial score (nSPS) is 10.8. The van der Waals surface area contributed by atoms with Crippen molar-refractivity contribution in [2.24, 2.45) is 0 Å². The number of hydrogen-bond donors (Lipinski definition) is 0. The van der Waals surface area contributed by atoms with Gasteiger partial charge in [0.25, 0.3) is 5.69 Å². The van der Waals surface area contributed by atoms with E-state index in [1.165, 1.54) is 17.7 Å². The molecule has 0 atom stereocenters. The zero-order valence-electron chi connectivity index (χ0n) is 10.3. The number of non-ortho nitro benzene ring substituents is 1. The first-order chi connectivity index (χ1) is 9.13. The molecule has 0 aliphatic carbocycles. The van der Waals surface area contributed by atoms with E-state index in [2.05, 4.69) is 5.10 Å². The molecule has 2 aromatic carbocycles. The molecule has 5 heteroatoms. The summed E-state index contributed by atoms with van der Waals surface area (Å²) in [6.07, 6.45) is 1.80. The molecule has 0 fully saturated rings. The molecule has 0 bridgehead atoms. The molecule has 0 radical (unpaired) electrons. The molecule has 0 saturated heterocycles. The number of benzene rings is 2. The minimum Gasteiger partial charge on any atom is -0.258 e. The molecule has 3 aromatic rings. The van der Waals surface area contributed by atoms with Gasteiger partial charge in [-0.05, 0) is 25.1 Å². The molecule has 0 unspecified atom stereocenters. The van der Waals surface area contributed by atoms with Gasteiger partial charge in [0, 0.05) is 23.7 Å². The average molecular weight is 253 g/mol. The highest BCUT2D eigenvalue weighted by Crippen LogP contribution is 2.21. The molecule has 0 amide bonds. The lowest BCUT2D eigenvalue weighted by Gasteiger charge is -2.00. The van der Waals surface area contributed by atoms with E-state index < -0.39 is 4.92 Å². The van der Waals surface area contributed by atoms with Crippen LogP contribution in [0.1, 0.15) is 5.56 Å². The van der Waals surface area contributed by atoms with Gasteiger partial charge in [-0.2, -0.15) is 5.10 Å². The molecule has 94 valence electrons. The Labute approximate surface area is 109 Å². The molecule has 0 aliphatic heterocycles. The second kappa shape index (κ2) is 4.20. The first kappa shape index (κ1) is 11.4. The zero-order valence-corrected chi connectivity index (χ0v) is 10.3. The third-order valence-corrected chi connectivity index (χ3v) is 3.00. The van der Waals surface area contributed by atoms with Crippen LogP contribution in [0.15, 0.2) is 48.7 Å². The first-order valence-corrected chi connectivity index (χ1v) is 5.84. The van der Waals surface area contributed by atoms with Gasteiger partial charge < -0.3 is 0 Å². The van der Waals surface area contributed by atoms with Crippen molar-refractivity contribution in [3.63, 3.8) is 0 Å². The smallest absolute Gasteiger partial charge is 0.258 e. The van der Waals surface area contributed by atoms with Crippen LogP contribution in [0.2, 0.25) is 0 Å². The number of rotatable bonds is 2. The summed E-state index contributed by atoms with van der Waals surface area (Å²) in [4.78, 5) is 10.3. The van der Waals surface area contributed by atoms with Crippen LogP contribution in [0.3, 0.4) is 0 Å². The van der Waals surface area contributed by atoms with E-state index in [0.29, 0.717) is 0 Å². The van der Waals surface area contributed by atoms with Gasteiger partial charge in [-0.15, -0.1) is 0 Å². The highest BCUT2D eigenvalue weighted by molar-refractivity contribution is 5.81. The average Bonchev–Trinajstić information content (AvgIpc) is 2.82. The number of nitro groups is 1. The molecule has 1 heterocycles. The van der Waals surface area contributed by atoms with Crippen molar-refractivity contribution in [1.29, 1.82) is 0 Å². The van der Waals surface area contributed by atoms with Crippen LogP contribution in [0.4, 0.5) is 5.69 Å². The third kappa shape index (κ3) is 2.06. The Bertz CT molecular complexity index is 760. The van der Waals surface area contributed by atoms with E-state index in [1.54, 1.807) is 16.9 Å². The molecular formula is C14H11N3O2. The Hall–Kier alpha value is -2.69. The highest BCUT2D eigenvalue weighted by atomic mass is 16.6. The highest BCUT2D eigenvalue weighted by Gasteiger charge is 2.09. The summed E-state index contributed by atoms with van der Waals surface area (Å²) in [6.45, 7) is 2.02. The maximum atomic E-state index is 10.7. The summed E-state index contributed by atoms with van der Waals surface area (Å²) in [5.41, 5.74) is 2.93. The van der Waals surface area contributed by atoms with Gasteiger partial charge in [-0.25, -0.2) is 4.68 Å². The summed E-state index contributed by atoms with van der Waals surface area (Å²) < 4.78 is 1.73. The lowest BCUT2D eigenvalue weighted by molar-refractivity contribution is -0.384. The second-order valence-corrected chi connectivity index (χ2v) is 4.41. The van der Waals surface area contributed by atoms with E-state index >= 15 is 0 Å². The van der Waals surface area contributed by atoms with E-state index in [-0.39, 0.29) is 5.69 Å². The van der Waals surface area contributed by atoms with E-state index in [0.717, 1.165) is 16.6 Å². The molecule has 5 nitrogen and oxygen atoms in total. The van der Waals surface area contributed by atoms with Crippen molar-refractivity contribution in [3.8, 4) is 5.69 Å². The fourth-order valence-electron chi connectivity index (χ4n) is 1.96. The standard InChI is InChI=1S/C14H11N3O2/c1-10-2-4-12(5-3-10)16-9-11-8-13(17(18)19)6-7-14(11)15-16/h2-9H,1H3. The molecular weight excluding hydrogens is 242 g/mol. The minimum atomic E-state index is -0.400. The van der Waals surface area contributed by atoms with E-state index in [9.17, 15) is 10.1 Å². The van der Waals surface area contributed by atoms with Gasteiger partial charge in [0.2, 0.25) is 0 Å². The van der Waals surface area contributed by atoms with Gasteiger partial charge in [-0.3, -0.25) is 10.1 Å². The predicted molar refractivity (Wildman–Crippen MR) is 72.5 cm³/mol. The van der Waals surface area contributed by atoms with Gasteiger partial charge in [0.15, 0.2) is 0 Å². The van der Waals surface area contributed by atoms with Crippen molar-refractivity contribution in [3.05, 3.63) is 64.3 Å². The van der Waals surface area contributed by atoms with Crippen LogP contribution < -0.4 is 0 Å². The first-order valence-electron chi connectivity index (χ1n) is 5.84. The van der Waals surface area contributed by atoms with Crippen LogP contribution in [0.5, 0.6) is 0 Å². The van der Waals surface area contributed by atoms with Crippen LogP contribution in [0.25, 0.3) is 16.6 Å². The lowest BCUT2D eigenvalue weighted by atomic mass is 10.2. The van der Waals surface area contributed by atoms with E-state index in [1.807, 2.05) is 31.2 Å². The molecule has 19 heavy (non-hydrogen) atoms. The van der Waals surface area contributed by atoms with Gasteiger partial charge in [-0.1, -0.05) is 17.7 Å². The largest absolute Gasteiger partial charge is 0.270 e. The van der Waals surface area contributed by atoms with Crippen LogP contribution in [0, 0.1) is 17.0 Å². The molecule has 0 aliphatic rings. The number of nitro benzene ring substituents is 1. The second-order valence-electron chi connectivity index (χ2n) is 4.41. The van der Waals surface area contributed by atoms with E-state index in [4.69, 9.17) is 0 Å². The summed E-state index contributed by atoms with van der Waals surface area (Å²) >= 11 is 0. The number of aryl methyl sites for hydroxylation is 1. The number of aromatic nitrogens is 2. The van der Waals surface area contributed by atoms with Crippen molar-refractivity contribution >= 4 is 16.6 Å². The zero-order chi connectivity index (χ0) is 13.4. The Kier molecular flexibility index (Phi) is 2.52. The fraction of sp³-hybridized carbons (Fsp3) is 0.0714. The third-order valence-electron chi connectivity index (χ3n) is 3.00. The van der Waals surface area contributed by atoms with Gasteiger partial charge in [0.1, 0.15) is 0 Å². The Morgan fingerprint density at radius 3 is 2.58 bits per heavy atom. The predicted octanol–water partition coefficient (Wildman–Crippen LogP) is 3.24. The monoisotopic (exact) mass is 253 g/mol. The van der Waals surface area contributed by atoms with Crippen molar-refractivity contribution in [2.45, 2.75) is 6.92 Å². The van der Waals surface area contributed by atoms with Crippen molar-refractivity contribution < 1.29 is 4.92 Å². The summed E-state index contributed by atoms with van der Waals surface area (Å²) in [5.74, 6) is 0. The number of nitrogens with zero attached hydrogens (tertiary/aromatic N) is 3. The van der Waals surface area contributed by atoms with Gasteiger partial charge in [0.05, 0.1) is 16.1 Å². The van der Waals surface area contributed by atoms with Crippen LogP contribution >= 0.6 is 0 Å². The molecule has 0 spiro atoms. The SMILES string of the molecule is Cc1ccc(-n2cc3cc([N+](=O)[O-])ccc3n2)cc1. The molecule has 0 saturated carbocycles. The van der Waals surface area contributed by atoms with Crippen LogP contribution in [-0.2, 0) is 0 Å². The van der Waals surface area contributed by atoms with Crippen molar-refractivity contribution in [2.75, 3.05) is 0 Å². The Morgan fingerprint density at radius 2 is 1.89 bits per heavy atom.